The molecular weight excluding hydrogens is 228 g/mol. The van der Waals surface area contributed by atoms with Gasteiger partial charge in [-0.25, -0.2) is 0 Å². The standard InChI is InChI=1S/C14H20N2O2/c1-3-18-12-7-10(6-11(15)8-12)13(17)16-9-14(2)4-5-14/h6-8H,3-5,9,15H2,1-2H3,(H,16,17). The summed E-state index contributed by atoms with van der Waals surface area (Å²) in [6, 6.07) is 5.12. The van der Waals surface area contributed by atoms with Crippen LogP contribution >= 0.6 is 0 Å². The number of rotatable bonds is 5. The molecule has 1 fully saturated rings. The first kappa shape index (κ1) is 12.7. The van der Waals surface area contributed by atoms with Crippen molar-refractivity contribution in [2.24, 2.45) is 5.41 Å². The van der Waals surface area contributed by atoms with Crippen LogP contribution in [0.25, 0.3) is 0 Å². The number of hydrogen-bond acceptors (Lipinski definition) is 3. The van der Waals surface area contributed by atoms with Gasteiger partial charge in [0.15, 0.2) is 0 Å². The van der Waals surface area contributed by atoms with Crippen LogP contribution in [0.4, 0.5) is 5.69 Å². The lowest BCUT2D eigenvalue weighted by Gasteiger charge is -2.11. The van der Waals surface area contributed by atoms with Gasteiger partial charge in [-0.1, -0.05) is 6.92 Å². The normalized spacial score (nSPS) is 16.1. The summed E-state index contributed by atoms with van der Waals surface area (Å²) in [5.74, 6) is 0.552. The summed E-state index contributed by atoms with van der Waals surface area (Å²) in [6.07, 6.45) is 2.38. The summed E-state index contributed by atoms with van der Waals surface area (Å²) in [5, 5.41) is 2.95. The largest absolute Gasteiger partial charge is 0.494 e. The molecule has 1 aromatic carbocycles. The smallest absolute Gasteiger partial charge is 0.251 e. The quantitative estimate of drug-likeness (QED) is 0.785. The minimum Gasteiger partial charge on any atom is -0.494 e. The van der Waals surface area contributed by atoms with E-state index in [0.717, 1.165) is 6.54 Å². The maximum Gasteiger partial charge on any atom is 0.251 e. The molecule has 1 aromatic rings. The van der Waals surface area contributed by atoms with E-state index in [2.05, 4.69) is 12.2 Å². The number of carbonyl (C=O) groups excluding carboxylic acids is 1. The van der Waals surface area contributed by atoms with Crippen LogP contribution in [0.1, 0.15) is 37.0 Å². The molecule has 0 aromatic heterocycles. The lowest BCUT2D eigenvalue weighted by atomic mass is 10.1. The number of benzene rings is 1. The molecule has 0 heterocycles. The maximum atomic E-state index is 12.0. The molecule has 1 aliphatic rings. The van der Waals surface area contributed by atoms with E-state index in [1.165, 1.54) is 12.8 Å². The molecule has 1 aliphatic carbocycles. The summed E-state index contributed by atoms with van der Waals surface area (Å²) >= 11 is 0. The molecule has 0 unspecified atom stereocenters. The molecule has 1 amide bonds. The Kier molecular flexibility index (Phi) is 3.45. The lowest BCUT2D eigenvalue weighted by molar-refractivity contribution is 0.0945. The first-order valence-corrected chi connectivity index (χ1v) is 6.34. The van der Waals surface area contributed by atoms with Gasteiger partial charge in [-0.2, -0.15) is 0 Å². The van der Waals surface area contributed by atoms with Gasteiger partial charge in [0.2, 0.25) is 0 Å². The molecule has 4 nitrogen and oxygen atoms in total. The van der Waals surface area contributed by atoms with Crippen molar-refractivity contribution in [3.8, 4) is 5.75 Å². The summed E-state index contributed by atoms with van der Waals surface area (Å²) < 4.78 is 5.38. The van der Waals surface area contributed by atoms with Gasteiger partial charge in [0, 0.05) is 23.9 Å². The Balaban J connectivity index is 2.04. The second-order valence-corrected chi connectivity index (χ2v) is 5.22. The van der Waals surface area contributed by atoms with E-state index >= 15 is 0 Å². The number of carbonyl (C=O) groups is 1. The summed E-state index contributed by atoms with van der Waals surface area (Å²) in [5.41, 5.74) is 7.17. The van der Waals surface area contributed by atoms with Gasteiger partial charge < -0.3 is 15.8 Å². The van der Waals surface area contributed by atoms with Crippen molar-refractivity contribution >= 4 is 11.6 Å². The van der Waals surface area contributed by atoms with Crippen LogP contribution in [0.15, 0.2) is 18.2 Å². The number of nitrogens with two attached hydrogens (primary N) is 1. The van der Waals surface area contributed by atoms with Crippen LogP contribution in [-0.2, 0) is 0 Å². The third kappa shape index (κ3) is 3.15. The fourth-order valence-corrected chi connectivity index (χ4v) is 1.79. The highest BCUT2D eigenvalue weighted by molar-refractivity contribution is 5.95. The molecule has 0 bridgehead atoms. The predicted molar refractivity (Wildman–Crippen MR) is 71.7 cm³/mol. The average Bonchev–Trinajstić information content (AvgIpc) is 3.05. The SMILES string of the molecule is CCOc1cc(N)cc(C(=O)NCC2(C)CC2)c1. The van der Waals surface area contributed by atoms with Gasteiger partial charge in [-0.15, -0.1) is 0 Å². The average molecular weight is 248 g/mol. The van der Waals surface area contributed by atoms with Crippen molar-refractivity contribution in [1.29, 1.82) is 0 Å². The van der Waals surface area contributed by atoms with Gasteiger partial charge in [0.1, 0.15) is 5.75 Å². The lowest BCUT2D eigenvalue weighted by Crippen LogP contribution is -2.29. The Morgan fingerprint density at radius 1 is 1.44 bits per heavy atom. The zero-order valence-corrected chi connectivity index (χ0v) is 11.0. The van der Waals surface area contributed by atoms with Crippen molar-refractivity contribution < 1.29 is 9.53 Å². The van der Waals surface area contributed by atoms with Gasteiger partial charge in [-0.05, 0) is 37.3 Å². The van der Waals surface area contributed by atoms with Crippen LogP contribution in [0.2, 0.25) is 0 Å². The number of nitrogens with one attached hydrogen (secondary N) is 1. The van der Waals surface area contributed by atoms with E-state index in [0.29, 0.717) is 29.0 Å². The molecule has 3 N–H and O–H groups in total. The van der Waals surface area contributed by atoms with Crippen LogP contribution in [-0.4, -0.2) is 19.1 Å². The van der Waals surface area contributed by atoms with Crippen LogP contribution in [0.5, 0.6) is 5.75 Å². The minimum absolute atomic E-state index is 0.0867. The van der Waals surface area contributed by atoms with Gasteiger partial charge in [0.05, 0.1) is 6.61 Å². The Labute approximate surface area is 108 Å². The molecule has 98 valence electrons. The first-order valence-electron chi connectivity index (χ1n) is 6.34. The van der Waals surface area contributed by atoms with Gasteiger partial charge in [-0.3, -0.25) is 4.79 Å². The zero-order chi connectivity index (χ0) is 13.2. The third-order valence-electron chi connectivity index (χ3n) is 3.28. The van der Waals surface area contributed by atoms with Crippen molar-refractivity contribution in [3.63, 3.8) is 0 Å². The van der Waals surface area contributed by atoms with Crippen molar-refractivity contribution in [2.75, 3.05) is 18.9 Å². The zero-order valence-electron chi connectivity index (χ0n) is 11.0. The highest BCUT2D eigenvalue weighted by Crippen LogP contribution is 2.44. The van der Waals surface area contributed by atoms with Crippen LogP contribution in [0, 0.1) is 5.41 Å². The van der Waals surface area contributed by atoms with E-state index in [4.69, 9.17) is 10.5 Å². The number of amides is 1. The molecule has 0 atom stereocenters. The second kappa shape index (κ2) is 4.88. The molecule has 0 saturated heterocycles. The monoisotopic (exact) mass is 248 g/mol. The second-order valence-electron chi connectivity index (χ2n) is 5.22. The molecular formula is C14H20N2O2. The third-order valence-corrected chi connectivity index (χ3v) is 3.28. The van der Waals surface area contributed by atoms with Crippen molar-refractivity contribution in [2.45, 2.75) is 26.7 Å². The maximum absolute atomic E-state index is 12.0. The Morgan fingerprint density at radius 3 is 2.78 bits per heavy atom. The van der Waals surface area contributed by atoms with E-state index < -0.39 is 0 Å². The number of ether oxygens (including phenoxy) is 1. The van der Waals surface area contributed by atoms with E-state index in [-0.39, 0.29) is 5.91 Å². The highest BCUT2D eigenvalue weighted by Gasteiger charge is 2.37. The molecule has 2 rings (SSSR count). The number of nitrogen functional groups attached to an aromatic ring is 1. The molecule has 0 aliphatic heterocycles. The van der Waals surface area contributed by atoms with Crippen LogP contribution in [0.3, 0.4) is 0 Å². The Morgan fingerprint density at radius 2 is 2.17 bits per heavy atom. The predicted octanol–water partition coefficient (Wildman–Crippen LogP) is 2.20. The molecule has 0 radical (unpaired) electrons. The Bertz CT molecular complexity index is 453. The van der Waals surface area contributed by atoms with Gasteiger partial charge >= 0.3 is 0 Å². The molecule has 4 heteroatoms. The van der Waals surface area contributed by atoms with Gasteiger partial charge in [0.25, 0.3) is 5.91 Å². The Hall–Kier alpha value is -1.71. The number of anilines is 1. The van der Waals surface area contributed by atoms with E-state index in [1.807, 2.05) is 6.92 Å². The van der Waals surface area contributed by atoms with Crippen molar-refractivity contribution in [3.05, 3.63) is 23.8 Å². The highest BCUT2D eigenvalue weighted by atomic mass is 16.5. The van der Waals surface area contributed by atoms with E-state index in [9.17, 15) is 4.79 Å². The summed E-state index contributed by atoms with van der Waals surface area (Å²) in [4.78, 5) is 12.0. The number of hydrogen-bond donors (Lipinski definition) is 2. The summed E-state index contributed by atoms with van der Waals surface area (Å²) in [7, 11) is 0. The van der Waals surface area contributed by atoms with E-state index in [1.54, 1.807) is 18.2 Å². The fourth-order valence-electron chi connectivity index (χ4n) is 1.79. The molecule has 1 saturated carbocycles. The minimum atomic E-state index is -0.0867. The fraction of sp³-hybridized carbons (Fsp3) is 0.500. The first-order chi connectivity index (χ1) is 8.52. The molecule has 0 spiro atoms. The topological polar surface area (TPSA) is 64.3 Å². The molecule has 18 heavy (non-hydrogen) atoms. The van der Waals surface area contributed by atoms with Crippen LogP contribution < -0.4 is 15.8 Å². The summed E-state index contributed by atoms with van der Waals surface area (Å²) in [6.45, 7) is 5.36. The van der Waals surface area contributed by atoms with Crippen molar-refractivity contribution in [1.82, 2.24) is 5.32 Å².